The summed E-state index contributed by atoms with van der Waals surface area (Å²) in [7, 11) is 0. The molecule has 3 aromatic rings. The maximum absolute atomic E-state index is 8.77. The van der Waals surface area contributed by atoms with Crippen LogP contribution in [0.25, 0.3) is 21.9 Å². The molecule has 2 nitrogen and oxygen atoms in total. The minimum atomic E-state index is 0.317. The largest absolute Gasteiger partial charge is 0.494 e. The number of rotatable bonds is 10. The van der Waals surface area contributed by atoms with Gasteiger partial charge in [-0.3, -0.25) is 0 Å². The molecule has 0 aromatic heterocycles. The molecule has 0 aliphatic heterocycles. The van der Waals surface area contributed by atoms with E-state index in [1.807, 2.05) is 0 Å². The molecule has 1 N–H and O–H groups in total. The monoisotopic (exact) mass is 362 g/mol. The standard InChI is InChI=1S/C25H30O2/c1-20-8-10-21(11-9-20)22-12-13-24-19-25(15-14-23(24)18-22)27-17-7-5-3-2-4-6-16-26/h8-15,18-19,26H,2-7,16-17H2,1H3. The molecule has 0 saturated heterocycles. The Balaban J connectivity index is 1.53. The van der Waals surface area contributed by atoms with E-state index in [4.69, 9.17) is 9.84 Å². The quantitative estimate of drug-likeness (QED) is 0.416. The van der Waals surface area contributed by atoms with Crippen molar-refractivity contribution >= 4 is 10.8 Å². The lowest BCUT2D eigenvalue weighted by atomic mass is 10.0. The van der Waals surface area contributed by atoms with E-state index >= 15 is 0 Å². The number of hydrogen-bond acceptors (Lipinski definition) is 2. The van der Waals surface area contributed by atoms with E-state index in [0.717, 1.165) is 31.6 Å². The van der Waals surface area contributed by atoms with Crippen LogP contribution in [0.15, 0.2) is 60.7 Å². The lowest BCUT2D eigenvalue weighted by molar-refractivity contribution is 0.280. The van der Waals surface area contributed by atoms with Crippen LogP contribution < -0.4 is 4.74 Å². The van der Waals surface area contributed by atoms with Gasteiger partial charge in [0.05, 0.1) is 6.61 Å². The number of benzene rings is 3. The predicted octanol–water partition coefficient (Wildman–Crippen LogP) is 6.53. The summed E-state index contributed by atoms with van der Waals surface area (Å²) in [6.07, 6.45) is 6.77. The normalized spacial score (nSPS) is 11.0. The summed E-state index contributed by atoms with van der Waals surface area (Å²) in [4.78, 5) is 0. The van der Waals surface area contributed by atoms with Gasteiger partial charge in [-0.15, -0.1) is 0 Å². The van der Waals surface area contributed by atoms with E-state index < -0.39 is 0 Å². The molecular formula is C25H30O2. The Bertz CT molecular complexity index is 837. The topological polar surface area (TPSA) is 29.5 Å². The summed E-state index contributed by atoms with van der Waals surface area (Å²) >= 11 is 0. The molecular weight excluding hydrogens is 332 g/mol. The molecule has 0 bridgehead atoms. The van der Waals surface area contributed by atoms with Crippen molar-refractivity contribution in [1.29, 1.82) is 0 Å². The third-order valence-electron chi connectivity index (χ3n) is 5.02. The first-order chi connectivity index (χ1) is 13.3. The molecule has 3 rings (SSSR count). The number of aliphatic hydroxyl groups excluding tert-OH is 1. The van der Waals surface area contributed by atoms with Crippen LogP contribution in [-0.4, -0.2) is 18.3 Å². The molecule has 0 atom stereocenters. The van der Waals surface area contributed by atoms with Crippen LogP contribution in [0.2, 0.25) is 0 Å². The van der Waals surface area contributed by atoms with Gasteiger partial charge in [0.1, 0.15) is 5.75 Å². The fraction of sp³-hybridized carbons (Fsp3) is 0.360. The van der Waals surface area contributed by atoms with Crippen molar-refractivity contribution in [2.24, 2.45) is 0 Å². The van der Waals surface area contributed by atoms with Crippen LogP contribution in [0.3, 0.4) is 0 Å². The second kappa shape index (κ2) is 10.1. The van der Waals surface area contributed by atoms with E-state index in [1.54, 1.807) is 0 Å². The Hall–Kier alpha value is -2.32. The SMILES string of the molecule is Cc1ccc(-c2ccc3cc(OCCCCCCCCO)ccc3c2)cc1. The Morgan fingerprint density at radius 1 is 0.667 bits per heavy atom. The van der Waals surface area contributed by atoms with Gasteiger partial charge >= 0.3 is 0 Å². The molecule has 0 aliphatic rings. The molecule has 0 unspecified atom stereocenters. The molecule has 0 radical (unpaired) electrons. The number of unbranched alkanes of at least 4 members (excludes halogenated alkanes) is 5. The number of aryl methyl sites for hydroxylation is 1. The molecule has 0 amide bonds. The van der Waals surface area contributed by atoms with Crippen LogP contribution in [0.5, 0.6) is 5.75 Å². The predicted molar refractivity (Wildman–Crippen MR) is 114 cm³/mol. The molecule has 27 heavy (non-hydrogen) atoms. The van der Waals surface area contributed by atoms with Crippen molar-refractivity contribution < 1.29 is 9.84 Å². The lowest BCUT2D eigenvalue weighted by Gasteiger charge is -2.09. The summed E-state index contributed by atoms with van der Waals surface area (Å²) in [5, 5.41) is 11.2. The van der Waals surface area contributed by atoms with Gasteiger partial charge in [0.2, 0.25) is 0 Å². The summed E-state index contributed by atoms with van der Waals surface area (Å²) in [6.45, 7) is 3.20. The van der Waals surface area contributed by atoms with Gasteiger partial charge < -0.3 is 9.84 Å². The van der Waals surface area contributed by atoms with E-state index in [1.165, 1.54) is 46.7 Å². The molecule has 0 heterocycles. The van der Waals surface area contributed by atoms with Gasteiger partial charge in [-0.25, -0.2) is 0 Å². The highest BCUT2D eigenvalue weighted by molar-refractivity contribution is 5.88. The summed E-state index contributed by atoms with van der Waals surface area (Å²) in [6, 6.07) is 21.6. The highest BCUT2D eigenvalue weighted by atomic mass is 16.5. The fourth-order valence-electron chi connectivity index (χ4n) is 3.35. The van der Waals surface area contributed by atoms with Crippen molar-refractivity contribution in [2.75, 3.05) is 13.2 Å². The van der Waals surface area contributed by atoms with Crippen molar-refractivity contribution in [3.05, 3.63) is 66.2 Å². The second-order valence-electron chi connectivity index (χ2n) is 7.28. The smallest absolute Gasteiger partial charge is 0.119 e. The molecule has 0 aliphatic carbocycles. The van der Waals surface area contributed by atoms with E-state index in [9.17, 15) is 0 Å². The minimum Gasteiger partial charge on any atom is -0.494 e. The molecule has 142 valence electrons. The number of hydrogen-bond donors (Lipinski definition) is 1. The number of fused-ring (bicyclic) bond motifs is 1. The van der Waals surface area contributed by atoms with Crippen molar-refractivity contribution in [3.63, 3.8) is 0 Å². The van der Waals surface area contributed by atoms with Gasteiger partial charge in [-0.05, 0) is 59.9 Å². The van der Waals surface area contributed by atoms with Crippen molar-refractivity contribution in [1.82, 2.24) is 0 Å². The Labute approximate surface area is 162 Å². The lowest BCUT2D eigenvalue weighted by Crippen LogP contribution is -1.97. The molecule has 0 fully saturated rings. The van der Waals surface area contributed by atoms with E-state index in [2.05, 4.69) is 67.6 Å². The first-order valence-electron chi connectivity index (χ1n) is 10.1. The summed E-state index contributed by atoms with van der Waals surface area (Å²) in [5.74, 6) is 0.950. The molecule has 2 heteroatoms. The highest BCUT2D eigenvalue weighted by Gasteiger charge is 2.02. The Morgan fingerprint density at radius 2 is 1.30 bits per heavy atom. The second-order valence-corrected chi connectivity index (χ2v) is 7.28. The maximum Gasteiger partial charge on any atom is 0.119 e. The van der Waals surface area contributed by atoms with Crippen LogP contribution in [-0.2, 0) is 0 Å². The third-order valence-corrected chi connectivity index (χ3v) is 5.02. The Morgan fingerprint density at radius 3 is 2.07 bits per heavy atom. The molecule has 3 aromatic carbocycles. The number of aliphatic hydroxyl groups is 1. The van der Waals surface area contributed by atoms with E-state index in [-0.39, 0.29) is 0 Å². The van der Waals surface area contributed by atoms with Gasteiger partial charge in [0.15, 0.2) is 0 Å². The van der Waals surface area contributed by atoms with Crippen molar-refractivity contribution in [2.45, 2.75) is 45.4 Å². The maximum atomic E-state index is 8.77. The zero-order chi connectivity index (χ0) is 18.9. The first-order valence-corrected chi connectivity index (χ1v) is 10.1. The van der Waals surface area contributed by atoms with E-state index in [0.29, 0.717) is 6.61 Å². The summed E-state index contributed by atoms with van der Waals surface area (Å²) < 4.78 is 5.93. The average Bonchev–Trinajstić information content (AvgIpc) is 2.70. The average molecular weight is 363 g/mol. The fourth-order valence-corrected chi connectivity index (χ4v) is 3.35. The van der Waals surface area contributed by atoms with Crippen LogP contribution >= 0.6 is 0 Å². The van der Waals surface area contributed by atoms with Crippen LogP contribution in [0, 0.1) is 6.92 Å². The first kappa shape index (κ1) is 19.4. The summed E-state index contributed by atoms with van der Waals surface area (Å²) in [5.41, 5.74) is 3.78. The Kier molecular flexibility index (Phi) is 7.29. The van der Waals surface area contributed by atoms with Crippen LogP contribution in [0.4, 0.5) is 0 Å². The van der Waals surface area contributed by atoms with Gasteiger partial charge in [-0.2, -0.15) is 0 Å². The zero-order valence-electron chi connectivity index (χ0n) is 16.3. The zero-order valence-corrected chi connectivity index (χ0v) is 16.3. The van der Waals surface area contributed by atoms with Crippen molar-refractivity contribution in [3.8, 4) is 16.9 Å². The molecule has 0 saturated carbocycles. The minimum absolute atomic E-state index is 0.317. The van der Waals surface area contributed by atoms with Crippen LogP contribution in [0.1, 0.15) is 44.1 Å². The third kappa shape index (κ3) is 5.83. The van der Waals surface area contributed by atoms with Gasteiger partial charge in [0.25, 0.3) is 0 Å². The van der Waals surface area contributed by atoms with Gasteiger partial charge in [-0.1, -0.05) is 73.7 Å². The van der Waals surface area contributed by atoms with Gasteiger partial charge in [0, 0.05) is 6.61 Å². The molecule has 0 spiro atoms. The highest BCUT2D eigenvalue weighted by Crippen LogP contribution is 2.27. The number of ether oxygens (including phenoxy) is 1.